The summed E-state index contributed by atoms with van der Waals surface area (Å²) in [5, 5.41) is 3.67. The Kier molecular flexibility index (Phi) is 5.02. The number of esters is 1. The molecule has 1 aromatic carbocycles. The van der Waals surface area contributed by atoms with E-state index in [0.717, 1.165) is 10.9 Å². The average molecular weight is 343 g/mol. The van der Waals surface area contributed by atoms with E-state index in [1.54, 1.807) is 11.8 Å². The van der Waals surface area contributed by atoms with Crippen LogP contribution in [0.15, 0.2) is 30.3 Å². The lowest BCUT2D eigenvalue weighted by molar-refractivity contribution is -0.155. The van der Waals surface area contributed by atoms with Crippen molar-refractivity contribution in [2.75, 3.05) is 19.7 Å². The summed E-state index contributed by atoms with van der Waals surface area (Å²) in [6, 6.07) is 9.48. The van der Waals surface area contributed by atoms with E-state index in [0.29, 0.717) is 31.6 Å². The van der Waals surface area contributed by atoms with Crippen LogP contribution in [-0.2, 0) is 14.3 Å². The van der Waals surface area contributed by atoms with E-state index in [-0.39, 0.29) is 18.6 Å². The molecule has 1 aliphatic rings. The van der Waals surface area contributed by atoms with E-state index >= 15 is 0 Å². The smallest absolute Gasteiger partial charge is 0.396 e. The number of para-hydroxylation sites is 1. The van der Waals surface area contributed by atoms with Crippen LogP contribution in [0, 0.1) is 0 Å². The molecular weight excluding hydrogens is 322 g/mol. The number of piperidine rings is 1. The fourth-order valence-electron chi connectivity index (χ4n) is 3.03. The first-order valence-electron chi connectivity index (χ1n) is 8.43. The summed E-state index contributed by atoms with van der Waals surface area (Å²) < 4.78 is 4.67. The fraction of sp³-hybridized carbons (Fsp3) is 0.389. The van der Waals surface area contributed by atoms with E-state index in [4.69, 9.17) is 0 Å². The largest absolute Gasteiger partial charge is 0.459 e. The topological polar surface area (TPSA) is 91.5 Å². The van der Waals surface area contributed by atoms with Crippen molar-refractivity contribution in [3.63, 3.8) is 0 Å². The van der Waals surface area contributed by atoms with Crippen LogP contribution in [0.2, 0.25) is 0 Å². The minimum atomic E-state index is -0.862. The zero-order valence-electron chi connectivity index (χ0n) is 14.1. The Morgan fingerprint density at radius 2 is 1.96 bits per heavy atom. The van der Waals surface area contributed by atoms with Crippen molar-refractivity contribution in [3.8, 4) is 0 Å². The van der Waals surface area contributed by atoms with E-state index in [1.165, 1.54) is 0 Å². The van der Waals surface area contributed by atoms with Crippen LogP contribution in [0.5, 0.6) is 0 Å². The van der Waals surface area contributed by atoms with Crippen LogP contribution in [-0.4, -0.2) is 53.4 Å². The zero-order valence-corrected chi connectivity index (χ0v) is 14.1. The van der Waals surface area contributed by atoms with Crippen molar-refractivity contribution >= 4 is 28.7 Å². The van der Waals surface area contributed by atoms with Crippen LogP contribution >= 0.6 is 0 Å². The third-order valence-corrected chi connectivity index (χ3v) is 4.34. The van der Waals surface area contributed by atoms with Crippen LogP contribution in [0.1, 0.15) is 30.3 Å². The van der Waals surface area contributed by atoms with Gasteiger partial charge in [0.2, 0.25) is 0 Å². The Labute approximate surface area is 145 Å². The van der Waals surface area contributed by atoms with Crippen LogP contribution in [0.4, 0.5) is 0 Å². The molecule has 25 heavy (non-hydrogen) atoms. The number of nitrogens with zero attached hydrogens (tertiary/aromatic N) is 1. The molecule has 3 rings (SSSR count). The van der Waals surface area contributed by atoms with Gasteiger partial charge >= 0.3 is 11.9 Å². The van der Waals surface area contributed by atoms with Crippen molar-refractivity contribution < 1.29 is 19.1 Å². The number of carbonyl (C=O) groups excluding carboxylic acids is 3. The van der Waals surface area contributed by atoms with Crippen molar-refractivity contribution in [3.05, 3.63) is 36.0 Å². The molecule has 1 aliphatic heterocycles. The first-order chi connectivity index (χ1) is 12.1. The van der Waals surface area contributed by atoms with Gasteiger partial charge in [-0.2, -0.15) is 0 Å². The van der Waals surface area contributed by atoms with Crippen LogP contribution < -0.4 is 5.32 Å². The van der Waals surface area contributed by atoms with E-state index in [9.17, 15) is 14.4 Å². The number of rotatable bonds is 3. The van der Waals surface area contributed by atoms with Gasteiger partial charge in [-0.05, 0) is 31.9 Å². The number of likely N-dealkylation sites (tertiary alicyclic amines) is 1. The summed E-state index contributed by atoms with van der Waals surface area (Å²) in [5.74, 6) is -1.63. The lowest BCUT2D eigenvalue weighted by atomic mass is 10.0. The number of aromatic amines is 1. The number of carbonyl (C=O) groups is 3. The molecule has 7 nitrogen and oxygen atoms in total. The SMILES string of the molecule is CCOC(=O)C(=O)NC1CCN(C(=O)c2cc3ccccc3[nH]2)CC1. The number of hydrogen-bond donors (Lipinski definition) is 2. The maximum Gasteiger partial charge on any atom is 0.396 e. The average Bonchev–Trinajstić information content (AvgIpc) is 3.06. The van der Waals surface area contributed by atoms with Gasteiger partial charge in [-0.3, -0.25) is 9.59 Å². The molecule has 0 atom stereocenters. The summed E-state index contributed by atoms with van der Waals surface area (Å²) in [6.45, 7) is 2.88. The Balaban J connectivity index is 1.55. The van der Waals surface area contributed by atoms with Gasteiger partial charge in [0.25, 0.3) is 5.91 Å². The van der Waals surface area contributed by atoms with Crippen molar-refractivity contribution in [1.29, 1.82) is 0 Å². The van der Waals surface area contributed by atoms with Gasteiger partial charge in [0.1, 0.15) is 5.69 Å². The molecule has 0 aliphatic carbocycles. The minimum absolute atomic E-state index is 0.0497. The Morgan fingerprint density at radius 1 is 1.24 bits per heavy atom. The molecule has 0 spiro atoms. The quantitative estimate of drug-likeness (QED) is 0.652. The fourth-order valence-corrected chi connectivity index (χ4v) is 3.03. The molecule has 0 saturated carbocycles. The monoisotopic (exact) mass is 343 g/mol. The number of ether oxygens (including phenoxy) is 1. The second-order valence-electron chi connectivity index (χ2n) is 6.03. The number of hydrogen-bond acceptors (Lipinski definition) is 4. The van der Waals surface area contributed by atoms with Crippen LogP contribution in [0.25, 0.3) is 10.9 Å². The molecule has 0 radical (unpaired) electrons. The van der Waals surface area contributed by atoms with Crippen molar-refractivity contribution in [2.45, 2.75) is 25.8 Å². The predicted octanol–water partition coefficient (Wildman–Crippen LogP) is 1.45. The first-order valence-corrected chi connectivity index (χ1v) is 8.43. The van der Waals surface area contributed by atoms with Gasteiger partial charge in [-0.1, -0.05) is 18.2 Å². The molecule has 2 aromatic rings. The Hall–Kier alpha value is -2.83. The van der Waals surface area contributed by atoms with Gasteiger partial charge < -0.3 is 19.9 Å². The summed E-state index contributed by atoms with van der Waals surface area (Å²) in [7, 11) is 0. The molecule has 0 unspecified atom stereocenters. The predicted molar refractivity (Wildman–Crippen MR) is 92.0 cm³/mol. The molecule has 1 aromatic heterocycles. The molecular formula is C18H21N3O4. The first kappa shape index (κ1) is 17.0. The lowest BCUT2D eigenvalue weighted by Crippen LogP contribution is -2.48. The number of amides is 2. The number of fused-ring (bicyclic) bond motifs is 1. The maximum absolute atomic E-state index is 12.6. The molecule has 2 amide bonds. The third kappa shape index (κ3) is 3.81. The van der Waals surface area contributed by atoms with E-state index < -0.39 is 11.9 Å². The van der Waals surface area contributed by atoms with Gasteiger partial charge in [0.15, 0.2) is 0 Å². The molecule has 1 fully saturated rings. The highest BCUT2D eigenvalue weighted by Crippen LogP contribution is 2.18. The second-order valence-corrected chi connectivity index (χ2v) is 6.03. The standard InChI is InChI=1S/C18H21N3O4/c1-2-25-18(24)16(22)19-13-7-9-21(10-8-13)17(23)15-11-12-5-3-4-6-14(12)20-15/h3-6,11,13,20H,2,7-10H2,1H3,(H,19,22). The van der Waals surface area contributed by atoms with E-state index in [1.807, 2.05) is 30.3 Å². The lowest BCUT2D eigenvalue weighted by Gasteiger charge is -2.31. The van der Waals surface area contributed by atoms with Crippen molar-refractivity contribution in [1.82, 2.24) is 15.2 Å². The highest BCUT2D eigenvalue weighted by Gasteiger charge is 2.27. The maximum atomic E-state index is 12.6. The molecule has 2 heterocycles. The summed E-state index contributed by atoms with van der Waals surface area (Å²) >= 11 is 0. The van der Waals surface area contributed by atoms with Gasteiger partial charge in [0, 0.05) is 30.0 Å². The molecule has 132 valence electrons. The summed E-state index contributed by atoms with van der Waals surface area (Å²) in [5.41, 5.74) is 1.50. The Morgan fingerprint density at radius 3 is 2.64 bits per heavy atom. The van der Waals surface area contributed by atoms with Gasteiger partial charge in [-0.25, -0.2) is 4.79 Å². The summed E-state index contributed by atoms with van der Waals surface area (Å²) in [6.07, 6.45) is 1.22. The molecule has 0 bridgehead atoms. The molecule has 2 N–H and O–H groups in total. The molecule has 1 saturated heterocycles. The van der Waals surface area contributed by atoms with Crippen LogP contribution in [0.3, 0.4) is 0 Å². The summed E-state index contributed by atoms with van der Waals surface area (Å²) in [4.78, 5) is 40.6. The number of H-pyrrole nitrogens is 1. The minimum Gasteiger partial charge on any atom is -0.459 e. The second kappa shape index (κ2) is 7.38. The van der Waals surface area contributed by atoms with Gasteiger partial charge in [-0.15, -0.1) is 0 Å². The Bertz CT molecular complexity index is 757. The highest BCUT2D eigenvalue weighted by molar-refractivity contribution is 6.32. The third-order valence-electron chi connectivity index (χ3n) is 4.34. The highest BCUT2D eigenvalue weighted by atomic mass is 16.5. The van der Waals surface area contributed by atoms with E-state index in [2.05, 4.69) is 15.0 Å². The number of nitrogens with one attached hydrogen (secondary N) is 2. The normalized spacial score (nSPS) is 15.2. The zero-order chi connectivity index (χ0) is 17.8. The van der Waals surface area contributed by atoms with Gasteiger partial charge in [0.05, 0.1) is 6.61 Å². The number of benzene rings is 1. The van der Waals surface area contributed by atoms with Crippen molar-refractivity contribution in [2.24, 2.45) is 0 Å². The molecule has 7 heteroatoms. The number of aromatic nitrogens is 1.